The van der Waals surface area contributed by atoms with Crippen LogP contribution in [0.3, 0.4) is 0 Å². The molecular formula is C14H17NO4. The zero-order valence-corrected chi connectivity index (χ0v) is 10.8. The summed E-state index contributed by atoms with van der Waals surface area (Å²) < 4.78 is 5.75. The van der Waals surface area contributed by atoms with E-state index in [1.807, 2.05) is 6.92 Å². The Morgan fingerprint density at radius 1 is 1.37 bits per heavy atom. The third-order valence-corrected chi connectivity index (χ3v) is 3.20. The summed E-state index contributed by atoms with van der Waals surface area (Å²) in [6.45, 7) is 3.18. The molecule has 1 N–H and O–H groups in total. The standard InChI is InChI=1S/C14H17NO4/c1-2-13(16)15-8-7-12(9-15)19-11-5-3-10(4-6-11)14(17)18/h3-6,12H,2,7-9H2,1H3,(H,17,18)/t12-/m1/s1. The van der Waals surface area contributed by atoms with Crippen molar-refractivity contribution in [1.82, 2.24) is 4.90 Å². The van der Waals surface area contributed by atoms with Crippen molar-refractivity contribution in [2.45, 2.75) is 25.9 Å². The number of nitrogens with zero attached hydrogens (tertiary/aromatic N) is 1. The van der Waals surface area contributed by atoms with Gasteiger partial charge in [0.1, 0.15) is 11.9 Å². The lowest BCUT2D eigenvalue weighted by molar-refractivity contribution is -0.130. The van der Waals surface area contributed by atoms with Gasteiger partial charge in [0.05, 0.1) is 12.1 Å². The Bertz CT molecular complexity index is 469. The molecule has 0 spiro atoms. The molecule has 1 atom stereocenters. The number of hydrogen-bond acceptors (Lipinski definition) is 3. The highest BCUT2D eigenvalue weighted by atomic mass is 16.5. The lowest BCUT2D eigenvalue weighted by Gasteiger charge is -2.16. The van der Waals surface area contributed by atoms with Gasteiger partial charge in [-0.15, -0.1) is 0 Å². The zero-order chi connectivity index (χ0) is 13.8. The molecule has 2 rings (SSSR count). The van der Waals surface area contributed by atoms with E-state index in [0.29, 0.717) is 18.7 Å². The average molecular weight is 263 g/mol. The van der Waals surface area contributed by atoms with Gasteiger partial charge >= 0.3 is 5.97 Å². The minimum Gasteiger partial charge on any atom is -0.489 e. The van der Waals surface area contributed by atoms with Crippen LogP contribution in [0.25, 0.3) is 0 Å². The Labute approximate surface area is 111 Å². The molecule has 1 aromatic rings. The first kappa shape index (κ1) is 13.4. The molecule has 19 heavy (non-hydrogen) atoms. The summed E-state index contributed by atoms with van der Waals surface area (Å²) in [6, 6.07) is 6.32. The monoisotopic (exact) mass is 263 g/mol. The Hall–Kier alpha value is -2.04. The summed E-state index contributed by atoms with van der Waals surface area (Å²) in [5.41, 5.74) is 0.238. The van der Waals surface area contributed by atoms with Crippen molar-refractivity contribution in [3.05, 3.63) is 29.8 Å². The van der Waals surface area contributed by atoms with Crippen LogP contribution >= 0.6 is 0 Å². The lowest BCUT2D eigenvalue weighted by Crippen LogP contribution is -2.30. The Kier molecular flexibility index (Phi) is 4.04. The molecule has 1 amide bonds. The number of ether oxygens (including phenoxy) is 1. The van der Waals surface area contributed by atoms with Gasteiger partial charge in [-0.2, -0.15) is 0 Å². The number of likely N-dealkylation sites (tertiary alicyclic amines) is 1. The Morgan fingerprint density at radius 2 is 2.05 bits per heavy atom. The van der Waals surface area contributed by atoms with E-state index in [9.17, 15) is 9.59 Å². The average Bonchev–Trinajstić information content (AvgIpc) is 2.87. The maximum Gasteiger partial charge on any atom is 0.335 e. The maximum atomic E-state index is 11.5. The van der Waals surface area contributed by atoms with Gasteiger partial charge in [-0.3, -0.25) is 4.79 Å². The maximum absolute atomic E-state index is 11.5. The first-order valence-corrected chi connectivity index (χ1v) is 6.38. The van der Waals surface area contributed by atoms with E-state index in [-0.39, 0.29) is 17.6 Å². The molecule has 1 aliphatic rings. The number of benzene rings is 1. The normalized spacial score (nSPS) is 18.4. The van der Waals surface area contributed by atoms with E-state index in [1.54, 1.807) is 17.0 Å². The number of carbonyl (C=O) groups excluding carboxylic acids is 1. The third kappa shape index (κ3) is 3.24. The van der Waals surface area contributed by atoms with Crippen LogP contribution in [-0.4, -0.2) is 41.1 Å². The van der Waals surface area contributed by atoms with Crippen LogP contribution in [0.2, 0.25) is 0 Å². The fourth-order valence-corrected chi connectivity index (χ4v) is 2.14. The highest BCUT2D eigenvalue weighted by molar-refractivity contribution is 5.87. The summed E-state index contributed by atoms with van der Waals surface area (Å²) in [6.07, 6.45) is 1.32. The SMILES string of the molecule is CCC(=O)N1CC[C@@H](Oc2ccc(C(=O)O)cc2)C1. The van der Waals surface area contributed by atoms with Crippen LogP contribution in [0.4, 0.5) is 0 Å². The fourth-order valence-electron chi connectivity index (χ4n) is 2.14. The second kappa shape index (κ2) is 5.73. The summed E-state index contributed by atoms with van der Waals surface area (Å²) >= 11 is 0. The summed E-state index contributed by atoms with van der Waals surface area (Å²) in [7, 11) is 0. The molecule has 1 aliphatic heterocycles. The minimum absolute atomic E-state index is 0.00817. The number of rotatable bonds is 4. The van der Waals surface area contributed by atoms with Crippen LogP contribution in [0.5, 0.6) is 5.75 Å². The Balaban J connectivity index is 1.92. The lowest BCUT2D eigenvalue weighted by atomic mass is 10.2. The first-order valence-electron chi connectivity index (χ1n) is 6.38. The van der Waals surface area contributed by atoms with Crippen molar-refractivity contribution in [3.63, 3.8) is 0 Å². The van der Waals surface area contributed by atoms with E-state index in [2.05, 4.69) is 0 Å². The van der Waals surface area contributed by atoms with Gasteiger partial charge in [0, 0.05) is 19.4 Å². The smallest absolute Gasteiger partial charge is 0.335 e. The van der Waals surface area contributed by atoms with Crippen molar-refractivity contribution < 1.29 is 19.4 Å². The van der Waals surface area contributed by atoms with E-state index < -0.39 is 5.97 Å². The zero-order valence-electron chi connectivity index (χ0n) is 10.8. The minimum atomic E-state index is -0.952. The van der Waals surface area contributed by atoms with E-state index in [0.717, 1.165) is 13.0 Å². The van der Waals surface area contributed by atoms with E-state index in [1.165, 1.54) is 12.1 Å². The summed E-state index contributed by atoms with van der Waals surface area (Å²) in [4.78, 5) is 24.1. The number of aromatic carboxylic acids is 1. The van der Waals surface area contributed by atoms with Gasteiger partial charge < -0.3 is 14.7 Å². The van der Waals surface area contributed by atoms with Gasteiger partial charge in [-0.25, -0.2) is 4.79 Å². The molecule has 1 aromatic carbocycles. The first-order chi connectivity index (χ1) is 9.10. The topological polar surface area (TPSA) is 66.8 Å². The molecule has 102 valence electrons. The largest absolute Gasteiger partial charge is 0.489 e. The molecule has 1 heterocycles. The third-order valence-electron chi connectivity index (χ3n) is 3.20. The van der Waals surface area contributed by atoms with E-state index >= 15 is 0 Å². The molecule has 0 unspecified atom stereocenters. The summed E-state index contributed by atoms with van der Waals surface area (Å²) in [5.74, 6) is -0.166. The van der Waals surface area contributed by atoms with Gasteiger partial charge in [-0.1, -0.05) is 6.92 Å². The number of carboxylic acid groups (broad SMARTS) is 1. The summed E-state index contributed by atoms with van der Waals surface area (Å²) in [5, 5.41) is 8.80. The van der Waals surface area contributed by atoms with Crippen molar-refractivity contribution in [3.8, 4) is 5.75 Å². The molecule has 1 fully saturated rings. The fraction of sp³-hybridized carbons (Fsp3) is 0.429. The number of amides is 1. The van der Waals surface area contributed by atoms with Crippen molar-refractivity contribution in [2.75, 3.05) is 13.1 Å². The van der Waals surface area contributed by atoms with Gasteiger partial charge in [0.2, 0.25) is 5.91 Å². The molecule has 5 heteroatoms. The van der Waals surface area contributed by atoms with Crippen molar-refractivity contribution in [1.29, 1.82) is 0 Å². The van der Waals surface area contributed by atoms with Crippen LogP contribution in [0.1, 0.15) is 30.1 Å². The highest BCUT2D eigenvalue weighted by Gasteiger charge is 2.26. The van der Waals surface area contributed by atoms with Crippen LogP contribution < -0.4 is 4.74 Å². The predicted octanol–water partition coefficient (Wildman–Crippen LogP) is 1.77. The molecule has 0 aliphatic carbocycles. The van der Waals surface area contributed by atoms with Crippen LogP contribution in [0, 0.1) is 0 Å². The van der Waals surface area contributed by atoms with Gasteiger partial charge in [-0.05, 0) is 24.3 Å². The van der Waals surface area contributed by atoms with Crippen molar-refractivity contribution >= 4 is 11.9 Å². The quantitative estimate of drug-likeness (QED) is 0.899. The molecule has 0 radical (unpaired) electrons. The second-order valence-electron chi connectivity index (χ2n) is 4.55. The Morgan fingerprint density at radius 3 is 2.63 bits per heavy atom. The molecule has 0 bridgehead atoms. The number of hydrogen-bond donors (Lipinski definition) is 1. The van der Waals surface area contributed by atoms with E-state index in [4.69, 9.17) is 9.84 Å². The number of carboxylic acids is 1. The predicted molar refractivity (Wildman–Crippen MR) is 69.3 cm³/mol. The van der Waals surface area contributed by atoms with Gasteiger partial charge in [0.15, 0.2) is 0 Å². The molecule has 0 saturated carbocycles. The molecule has 1 saturated heterocycles. The van der Waals surface area contributed by atoms with Gasteiger partial charge in [0.25, 0.3) is 0 Å². The molecule has 5 nitrogen and oxygen atoms in total. The molecule has 0 aromatic heterocycles. The highest BCUT2D eigenvalue weighted by Crippen LogP contribution is 2.19. The molecular weight excluding hydrogens is 246 g/mol. The van der Waals surface area contributed by atoms with Crippen molar-refractivity contribution in [2.24, 2.45) is 0 Å². The van der Waals surface area contributed by atoms with Crippen LogP contribution in [-0.2, 0) is 4.79 Å². The number of carbonyl (C=O) groups is 2. The second-order valence-corrected chi connectivity index (χ2v) is 4.55. The van der Waals surface area contributed by atoms with Crippen LogP contribution in [0.15, 0.2) is 24.3 Å².